The fourth-order valence-corrected chi connectivity index (χ4v) is 0.220. The first-order valence-electron chi connectivity index (χ1n) is 2.40. The average molecular weight is 101 g/mol. The van der Waals surface area contributed by atoms with Gasteiger partial charge in [0.05, 0.1) is 6.61 Å². The summed E-state index contributed by atoms with van der Waals surface area (Å²) in [6.07, 6.45) is 2.54. The van der Waals surface area contributed by atoms with Crippen LogP contribution in [0.2, 0.25) is 0 Å². The molecule has 1 N–H and O–H groups in total. The number of hydrogen-bond acceptors (Lipinski definition) is 2. The van der Waals surface area contributed by atoms with E-state index in [9.17, 15) is 0 Å². The summed E-state index contributed by atoms with van der Waals surface area (Å²) in [6, 6.07) is 0. The third-order valence-electron chi connectivity index (χ3n) is 0.473. The minimum atomic E-state index is 0.742. The van der Waals surface area contributed by atoms with E-state index in [1.165, 1.54) is 6.20 Å². The van der Waals surface area contributed by atoms with Crippen LogP contribution in [0.25, 0.3) is 0 Å². The number of hydrogen-bond donors (Lipinski definition) is 1. The van der Waals surface area contributed by atoms with E-state index in [2.05, 4.69) is 12.1 Å². The smallest absolute Gasteiger partial charge is 0.0743 e. The Morgan fingerprint density at radius 2 is 2.57 bits per heavy atom. The highest BCUT2D eigenvalue weighted by Gasteiger charge is 1.73. The number of hydroxylamine groups is 1. The molecule has 7 heavy (non-hydrogen) atoms. The predicted octanol–water partition coefficient (Wildman–Crippen LogP) is 1.06. The number of rotatable bonds is 4. The first kappa shape index (κ1) is 6.50. The van der Waals surface area contributed by atoms with E-state index in [1.807, 2.05) is 6.92 Å². The Bertz CT molecular complexity index is 45.3. The molecular weight excluding hydrogens is 90.1 g/mol. The van der Waals surface area contributed by atoms with Gasteiger partial charge in [-0.3, -0.25) is 10.3 Å². The van der Waals surface area contributed by atoms with Gasteiger partial charge in [-0.25, -0.2) is 0 Å². The molecule has 0 bridgehead atoms. The van der Waals surface area contributed by atoms with E-state index in [1.54, 1.807) is 0 Å². The van der Waals surface area contributed by atoms with Gasteiger partial charge in [-0.15, -0.1) is 0 Å². The topological polar surface area (TPSA) is 21.3 Å². The largest absolute Gasteiger partial charge is 0.277 e. The summed E-state index contributed by atoms with van der Waals surface area (Å²) in [5.74, 6) is 0. The molecule has 0 heterocycles. The highest BCUT2D eigenvalue weighted by molar-refractivity contribution is 4.52. The molecule has 42 valence electrons. The van der Waals surface area contributed by atoms with E-state index in [4.69, 9.17) is 4.84 Å². The van der Waals surface area contributed by atoms with Gasteiger partial charge in [0.2, 0.25) is 0 Å². The summed E-state index contributed by atoms with van der Waals surface area (Å²) in [7, 11) is 0. The van der Waals surface area contributed by atoms with Crippen LogP contribution in [-0.4, -0.2) is 6.61 Å². The van der Waals surface area contributed by atoms with Crippen molar-refractivity contribution in [2.24, 2.45) is 0 Å². The standard InChI is InChI=1S/C5H11NO/c1-3-5-7-6-4-2/h4,6H,2-3,5H2,1H3. The van der Waals surface area contributed by atoms with Crippen molar-refractivity contribution in [3.63, 3.8) is 0 Å². The molecule has 0 aromatic heterocycles. The maximum absolute atomic E-state index is 4.76. The first-order valence-corrected chi connectivity index (χ1v) is 2.40. The SMILES string of the molecule is C=CNOCCC. The highest BCUT2D eigenvalue weighted by atomic mass is 16.6. The monoisotopic (exact) mass is 101 g/mol. The number of nitrogens with one attached hydrogen (secondary N) is 1. The van der Waals surface area contributed by atoms with Crippen molar-refractivity contribution in [3.05, 3.63) is 12.8 Å². The quantitative estimate of drug-likeness (QED) is 0.422. The Hall–Kier alpha value is -0.500. The van der Waals surface area contributed by atoms with E-state index in [0.29, 0.717) is 0 Å². The van der Waals surface area contributed by atoms with Crippen LogP contribution in [0.5, 0.6) is 0 Å². The molecule has 0 aromatic rings. The summed E-state index contributed by atoms with van der Waals surface area (Å²) in [5.41, 5.74) is 2.51. The molecule has 0 saturated heterocycles. The lowest BCUT2D eigenvalue weighted by molar-refractivity contribution is 0.0721. The fraction of sp³-hybridized carbons (Fsp3) is 0.600. The fourth-order valence-electron chi connectivity index (χ4n) is 0.220. The predicted molar refractivity (Wildman–Crippen MR) is 29.6 cm³/mol. The summed E-state index contributed by atoms with van der Waals surface area (Å²) >= 11 is 0. The van der Waals surface area contributed by atoms with Crippen molar-refractivity contribution in [2.45, 2.75) is 13.3 Å². The van der Waals surface area contributed by atoms with Crippen LogP contribution in [0.3, 0.4) is 0 Å². The third kappa shape index (κ3) is 5.50. The second-order valence-corrected chi connectivity index (χ2v) is 1.17. The lowest BCUT2D eigenvalue weighted by atomic mass is 10.5. The lowest BCUT2D eigenvalue weighted by Gasteiger charge is -1.95. The third-order valence-corrected chi connectivity index (χ3v) is 0.473. The Kier molecular flexibility index (Phi) is 5.11. The Morgan fingerprint density at radius 3 is 3.00 bits per heavy atom. The molecule has 2 nitrogen and oxygen atoms in total. The Balaban J connectivity index is 2.56. The molecule has 0 spiro atoms. The average Bonchev–Trinajstić information content (AvgIpc) is 1.69. The summed E-state index contributed by atoms with van der Waals surface area (Å²) in [4.78, 5) is 4.76. The van der Waals surface area contributed by atoms with E-state index < -0.39 is 0 Å². The summed E-state index contributed by atoms with van der Waals surface area (Å²) < 4.78 is 0. The van der Waals surface area contributed by atoms with Crippen molar-refractivity contribution in [1.29, 1.82) is 0 Å². The normalized spacial score (nSPS) is 8.14. The highest BCUT2D eigenvalue weighted by Crippen LogP contribution is 1.72. The van der Waals surface area contributed by atoms with Crippen molar-refractivity contribution in [1.82, 2.24) is 5.48 Å². The molecule has 0 radical (unpaired) electrons. The van der Waals surface area contributed by atoms with Gasteiger partial charge in [-0.05, 0) is 6.42 Å². The molecule has 0 rings (SSSR count). The van der Waals surface area contributed by atoms with E-state index in [-0.39, 0.29) is 0 Å². The molecule has 0 aliphatic carbocycles. The van der Waals surface area contributed by atoms with Crippen molar-refractivity contribution in [2.75, 3.05) is 6.61 Å². The molecule has 0 amide bonds. The first-order chi connectivity index (χ1) is 3.41. The molecule has 0 saturated carbocycles. The minimum absolute atomic E-state index is 0.742. The molecule has 0 aliphatic heterocycles. The van der Waals surface area contributed by atoms with Crippen LogP contribution >= 0.6 is 0 Å². The maximum Gasteiger partial charge on any atom is 0.0743 e. The maximum atomic E-state index is 4.76. The van der Waals surface area contributed by atoms with Crippen LogP contribution in [0.4, 0.5) is 0 Å². The Labute approximate surface area is 44.1 Å². The van der Waals surface area contributed by atoms with Gasteiger partial charge in [0, 0.05) is 6.20 Å². The summed E-state index contributed by atoms with van der Waals surface area (Å²) in [6.45, 7) is 6.18. The molecule has 0 atom stereocenters. The van der Waals surface area contributed by atoms with E-state index >= 15 is 0 Å². The van der Waals surface area contributed by atoms with Gasteiger partial charge < -0.3 is 0 Å². The van der Waals surface area contributed by atoms with Crippen molar-refractivity contribution < 1.29 is 4.84 Å². The molecule has 2 heteroatoms. The summed E-state index contributed by atoms with van der Waals surface area (Å²) in [5, 5.41) is 0. The van der Waals surface area contributed by atoms with Gasteiger partial charge in [0.25, 0.3) is 0 Å². The van der Waals surface area contributed by atoms with E-state index in [0.717, 1.165) is 13.0 Å². The lowest BCUT2D eigenvalue weighted by Crippen LogP contribution is -2.05. The molecule has 0 aromatic carbocycles. The molecule has 0 unspecified atom stereocenters. The van der Waals surface area contributed by atoms with Crippen molar-refractivity contribution >= 4 is 0 Å². The van der Waals surface area contributed by atoms with Crippen molar-refractivity contribution in [3.8, 4) is 0 Å². The second-order valence-electron chi connectivity index (χ2n) is 1.17. The van der Waals surface area contributed by atoms with Gasteiger partial charge in [0.15, 0.2) is 0 Å². The Morgan fingerprint density at radius 1 is 1.86 bits per heavy atom. The van der Waals surface area contributed by atoms with Gasteiger partial charge in [0.1, 0.15) is 0 Å². The molecule has 0 fully saturated rings. The van der Waals surface area contributed by atoms with Crippen LogP contribution in [0.1, 0.15) is 13.3 Å². The molecule has 0 aliphatic rings. The van der Waals surface area contributed by atoms with Crippen LogP contribution < -0.4 is 5.48 Å². The van der Waals surface area contributed by atoms with Gasteiger partial charge in [-0.1, -0.05) is 13.5 Å². The van der Waals surface area contributed by atoms with Crippen LogP contribution in [0.15, 0.2) is 12.8 Å². The second kappa shape index (κ2) is 5.50. The minimum Gasteiger partial charge on any atom is -0.277 e. The zero-order valence-corrected chi connectivity index (χ0v) is 4.61. The zero-order valence-electron chi connectivity index (χ0n) is 4.61. The van der Waals surface area contributed by atoms with Crippen LogP contribution in [-0.2, 0) is 4.84 Å². The van der Waals surface area contributed by atoms with Gasteiger partial charge >= 0.3 is 0 Å². The van der Waals surface area contributed by atoms with Gasteiger partial charge in [-0.2, -0.15) is 0 Å². The molecular formula is C5H11NO. The van der Waals surface area contributed by atoms with Crippen LogP contribution in [0, 0.1) is 0 Å². The zero-order chi connectivity index (χ0) is 5.54.